The van der Waals surface area contributed by atoms with Crippen LogP contribution in [0.1, 0.15) is 52.8 Å². The first-order valence-electron chi connectivity index (χ1n) is 10.9. The molecule has 1 aliphatic carbocycles. The van der Waals surface area contributed by atoms with Crippen LogP contribution in [0.5, 0.6) is 0 Å². The normalized spacial score (nSPS) is 15.6. The molecule has 0 aliphatic heterocycles. The summed E-state index contributed by atoms with van der Waals surface area (Å²) in [6.07, 6.45) is -6.78. The van der Waals surface area contributed by atoms with Gasteiger partial charge in [-0.15, -0.1) is 0 Å². The van der Waals surface area contributed by atoms with Crippen molar-refractivity contribution in [1.82, 2.24) is 4.90 Å². The van der Waals surface area contributed by atoms with E-state index >= 15 is 0 Å². The van der Waals surface area contributed by atoms with Crippen LogP contribution in [0.2, 0.25) is 0 Å². The Balaban J connectivity index is 1.70. The zero-order valence-electron chi connectivity index (χ0n) is 19.4. The quantitative estimate of drug-likeness (QED) is 0.249. The van der Waals surface area contributed by atoms with Crippen molar-refractivity contribution in [3.63, 3.8) is 0 Å². The molecular weight excluding hydrogens is 492 g/mol. The van der Waals surface area contributed by atoms with Crippen molar-refractivity contribution in [1.29, 1.82) is 0 Å². The molecule has 1 atom stereocenters. The fourth-order valence-electron chi connectivity index (χ4n) is 3.95. The zero-order valence-corrected chi connectivity index (χ0v) is 19.4. The lowest BCUT2D eigenvalue weighted by atomic mass is 10.0. The summed E-state index contributed by atoms with van der Waals surface area (Å²) < 4.78 is 88.2. The third-order valence-electron chi connectivity index (χ3n) is 5.68. The number of amides is 1. The minimum absolute atomic E-state index is 0.0170. The van der Waals surface area contributed by atoms with E-state index in [0.29, 0.717) is 25.0 Å². The highest BCUT2D eigenvalue weighted by molar-refractivity contribution is 5.87. The number of benzene rings is 2. The van der Waals surface area contributed by atoms with E-state index < -0.39 is 47.7 Å². The van der Waals surface area contributed by atoms with E-state index in [-0.39, 0.29) is 18.7 Å². The molecule has 0 N–H and O–H groups in total. The minimum Gasteiger partial charge on any atom is -0.463 e. The Morgan fingerprint density at radius 2 is 1.64 bits per heavy atom. The maximum atomic E-state index is 13.0. The lowest BCUT2D eigenvalue weighted by Crippen LogP contribution is -2.30. The van der Waals surface area contributed by atoms with Gasteiger partial charge < -0.3 is 14.4 Å². The number of alkyl halides is 6. The van der Waals surface area contributed by atoms with Gasteiger partial charge in [0.1, 0.15) is 6.61 Å². The number of hydrogen-bond donors (Lipinski definition) is 0. The Hall–Kier alpha value is -3.50. The number of nitrogens with zero attached hydrogens (tertiary/aromatic N) is 1. The summed E-state index contributed by atoms with van der Waals surface area (Å²) in [6, 6.07) is 6.10. The van der Waals surface area contributed by atoms with Crippen LogP contribution in [0.15, 0.2) is 42.5 Å². The highest BCUT2D eigenvalue weighted by Crippen LogP contribution is 2.38. The lowest BCUT2D eigenvalue weighted by molar-refractivity contribution is -0.143. The number of carbonyl (C=O) groups excluding carboxylic acids is 2. The van der Waals surface area contributed by atoms with Crippen LogP contribution in [-0.2, 0) is 39.6 Å². The van der Waals surface area contributed by atoms with Crippen molar-refractivity contribution in [3.05, 3.63) is 75.9 Å². The average Bonchev–Trinajstić information content (AvgIpc) is 3.23. The molecule has 0 bridgehead atoms. The van der Waals surface area contributed by atoms with Gasteiger partial charge in [0.2, 0.25) is 0 Å². The molecule has 3 rings (SSSR count). The third-order valence-corrected chi connectivity index (χ3v) is 5.68. The fraction of sp³-hybridized carbons (Fsp3) is 0.360. The summed E-state index contributed by atoms with van der Waals surface area (Å²) in [4.78, 5) is 25.3. The third kappa shape index (κ3) is 6.58. The molecule has 1 amide bonds. The fourth-order valence-corrected chi connectivity index (χ4v) is 3.95. The summed E-state index contributed by atoms with van der Waals surface area (Å²) in [5, 5.41) is 0. The molecule has 0 heterocycles. The molecular formula is C25H23F6NO4. The summed E-state index contributed by atoms with van der Waals surface area (Å²) in [5.74, 6) is -0.471. The maximum Gasteiger partial charge on any atom is 0.416 e. The van der Waals surface area contributed by atoms with Gasteiger partial charge in [-0.3, -0.25) is 0 Å². The number of halogens is 6. The molecule has 0 saturated heterocycles. The first-order chi connectivity index (χ1) is 16.8. The number of fused-ring (bicyclic) bond motifs is 1. The van der Waals surface area contributed by atoms with E-state index in [4.69, 9.17) is 9.47 Å². The number of carbonyl (C=O) groups is 2. The van der Waals surface area contributed by atoms with Crippen LogP contribution in [0, 0.1) is 0 Å². The highest BCUT2D eigenvalue weighted by atomic mass is 19.4. The van der Waals surface area contributed by atoms with E-state index in [1.54, 1.807) is 25.1 Å². The van der Waals surface area contributed by atoms with E-state index in [0.717, 1.165) is 16.7 Å². The van der Waals surface area contributed by atoms with Crippen LogP contribution in [0.3, 0.4) is 0 Å². The minimum atomic E-state index is -4.99. The molecule has 1 aliphatic rings. The molecule has 0 spiro atoms. The van der Waals surface area contributed by atoms with Crippen molar-refractivity contribution in [2.24, 2.45) is 0 Å². The second kappa shape index (κ2) is 10.6. The van der Waals surface area contributed by atoms with E-state index in [1.165, 1.54) is 18.0 Å². The number of ether oxygens (including phenoxy) is 2. The van der Waals surface area contributed by atoms with Gasteiger partial charge in [0.25, 0.3) is 0 Å². The second-order valence-electron chi connectivity index (χ2n) is 8.18. The van der Waals surface area contributed by atoms with Gasteiger partial charge in [0.15, 0.2) is 0 Å². The SMILES string of the molecule is CCOC(=O)/C=C/c1ccc2c(c1)CCC2N(C)C(=O)OCc1cc(C(F)(F)F)cc(C(F)(F)F)c1. The summed E-state index contributed by atoms with van der Waals surface area (Å²) in [7, 11) is 1.45. The van der Waals surface area contributed by atoms with Gasteiger partial charge >= 0.3 is 24.4 Å². The number of aryl methyl sites for hydroxylation is 1. The van der Waals surface area contributed by atoms with Gasteiger partial charge in [-0.05, 0) is 66.3 Å². The maximum absolute atomic E-state index is 13.0. The predicted molar refractivity (Wildman–Crippen MR) is 118 cm³/mol. The molecule has 2 aromatic carbocycles. The van der Waals surface area contributed by atoms with E-state index in [1.807, 2.05) is 6.07 Å². The molecule has 0 aromatic heterocycles. The van der Waals surface area contributed by atoms with Crippen LogP contribution >= 0.6 is 0 Å². The Kier molecular flexibility index (Phi) is 8.00. The van der Waals surface area contributed by atoms with E-state index in [9.17, 15) is 35.9 Å². The number of rotatable bonds is 6. The topological polar surface area (TPSA) is 55.8 Å². The lowest BCUT2D eigenvalue weighted by Gasteiger charge is -2.25. The first-order valence-corrected chi connectivity index (χ1v) is 10.9. The van der Waals surface area contributed by atoms with Gasteiger partial charge in [-0.2, -0.15) is 26.3 Å². The summed E-state index contributed by atoms with van der Waals surface area (Å²) in [6.45, 7) is 1.20. The van der Waals surface area contributed by atoms with Crippen LogP contribution < -0.4 is 0 Å². The van der Waals surface area contributed by atoms with Crippen LogP contribution in [-0.4, -0.2) is 30.6 Å². The van der Waals surface area contributed by atoms with Gasteiger partial charge in [0, 0.05) is 13.1 Å². The Morgan fingerprint density at radius 1 is 1.00 bits per heavy atom. The molecule has 5 nitrogen and oxygen atoms in total. The Morgan fingerprint density at radius 3 is 2.22 bits per heavy atom. The Labute approximate surface area is 203 Å². The summed E-state index contributed by atoms with van der Waals surface area (Å²) in [5.41, 5.74) is -0.843. The molecule has 2 aromatic rings. The molecule has 0 saturated carbocycles. The average molecular weight is 515 g/mol. The number of hydrogen-bond acceptors (Lipinski definition) is 4. The first kappa shape index (κ1) is 27.1. The monoisotopic (exact) mass is 515 g/mol. The van der Waals surface area contributed by atoms with Crippen molar-refractivity contribution in [2.45, 2.75) is 44.8 Å². The van der Waals surface area contributed by atoms with E-state index in [2.05, 4.69) is 0 Å². The molecule has 1 unspecified atom stereocenters. The van der Waals surface area contributed by atoms with Gasteiger partial charge in [0.05, 0.1) is 23.8 Å². The predicted octanol–water partition coefficient (Wildman–Crippen LogP) is 6.56. The van der Waals surface area contributed by atoms with Crippen molar-refractivity contribution in [3.8, 4) is 0 Å². The second-order valence-corrected chi connectivity index (χ2v) is 8.18. The molecule has 0 fully saturated rings. The van der Waals surface area contributed by atoms with Crippen LogP contribution in [0.25, 0.3) is 6.08 Å². The molecule has 194 valence electrons. The Bertz CT molecular complexity index is 1120. The van der Waals surface area contributed by atoms with Gasteiger partial charge in [-0.1, -0.05) is 18.2 Å². The molecule has 36 heavy (non-hydrogen) atoms. The van der Waals surface area contributed by atoms with Crippen molar-refractivity contribution < 1.29 is 45.4 Å². The van der Waals surface area contributed by atoms with Crippen LogP contribution in [0.4, 0.5) is 31.1 Å². The van der Waals surface area contributed by atoms with Crippen molar-refractivity contribution in [2.75, 3.05) is 13.7 Å². The summed E-state index contributed by atoms with van der Waals surface area (Å²) >= 11 is 0. The smallest absolute Gasteiger partial charge is 0.416 e. The highest BCUT2D eigenvalue weighted by Gasteiger charge is 2.37. The van der Waals surface area contributed by atoms with Gasteiger partial charge in [-0.25, -0.2) is 9.59 Å². The molecule has 0 radical (unpaired) electrons. The molecule has 11 heteroatoms. The number of esters is 1. The standard InChI is InChI=1S/C25H23F6NO4/c1-3-35-22(33)9-5-15-4-7-20-17(10-15)6-8-21(20)32(2)23(34)36-14-16-11-18(24(26,27)28)13-19(12-16)25(29,30)31/h4-5,7,9-13,21H,3,6,8,14H2,1-2H3/b9-5+. The van der Waals surface area contributed by atoms with Crippen molar-refractivity contribution >= 4 is 18.1 Å². The zero-order chi connectivity index (χ0) is 26.7. The largest absolute Gasteiger partial charge is 0.463 e.